The molecule has 1 aromatic carbocycles. The third-order valence-corrected chi connectivity index (χ3v) is 2.38. The molecule has 1 N–H and O–H groups in total. The number of alkyl halides is 1. The minimum Gasteiger partial charge on any atom is -0.383 e. The molecule has 1 unspecified atom stereocenters. The molecule has 88 valence electrons. The van der Waals surface area contributed by atoms with E-state index in [9.17, 15) is 9.18 Å². The smallest absolute Gasteiger partial charge is 0.254 e. The van der Waals surface area contributed by atoms with E-state index >= 15 is 0 Å². The van der Waals surface area contributed by atoms with E-state index < -0.39 is 11.7 Å². The molecular weight excluding hydrogens is 233 g/mol. The molecule has 1 atom stereocenters. The van der Waals surface area contributed by atoms with Crippen LogP contribution in [0.3, 0.4) is 0 Å². The Morgan fingerprint density at radius 1 is 1.56 bits per heavy atom. The van der Waals surface area contributed by atoms with E-state index in [0.29, 0.717) is 6.61 Å². The summed E-state index contributed by atoms with van der Waals surface area (Å²) in [5.74, 6) is -0.819. The summed E-state index contributed by atoms with van der Waals surface area (Å²) in [4.78, 5) is 11.6. The quantitative estimate of drug-likeness (QED) is 0.804. The summed E-state index contributed by atoms with van der Waals surface area (Å²) in [5.41, 5.74) is 0.00807. The van der Waals surface area contributed by atoms with Crippen LogP contribution < -0.4 is 5.32 Å². The lowest BCUT2D eigenvalue weighted by Crippen LogP contribution is -2.39. The van der Waals surface area contributed by atoms with E-state index in [1.807, 2.05) is 0 Å². The van der Waals surface area contributed by atoms with Crippen LogP contribution in [0, 0.1) is 5.82 Å². The molecule has 5 heteroatoms. The maximum absolute atomic E-state index is 13.3. The number of methoxy groups -OCH3 is 1. The molecule has 0 saturated carbocycles. The van der Waals surface area contributed by atoms with Crippen LogP contribution in [0.15, 0.2) is 24.3 Å². The minimum atomic E-state index is -0.550. The lowest BCUT2D eigenvalue weighted by molar-refractivity contribution is 0.0903. The summed E-state index contributed by atoms with van der Waals surface area (Å²) in [5, 5.41) is 2.59. The van der Waals surface area contributed by atoms with Crippen LogP contribution in [0.2, 0.25) is 0 Å². The third kappa shape index (κ3) is 3.47. The number of nitrogens with one attached hydrogen (secondary N) is 1. The second kappa shape index (κ2) is 6.45. The number of amides is 1. The highest BCUT2D eigenvalue weighted by Crippen LogP contribution is 2.06. The van der Waals surface area contributed by atoms with Gasteiger partial charge in [-0.05, 0) is 12.1 Å². The normalized spacial score (nSPS) is 12.2. The molecule has 0 aromatic heterocycles. The molecule has 16 heavy (non-hydrogen) atoms. The molecule has 0 heterocycles. The van der Waals surface area contributed by atoms with Crippen molar-refractivity contribution in [3.63, 3.8) is 0 Å². The first-order valence-electron chi connectivity index (χ1n) is 4.79. The lowest BCUT2D eigenvalue weighted by Gasteiger charge is -2.15. The number of rotatable bonds is 5. The molecule has 0 radical (unpaired) electrons. The van der Waals surface area contributed by atoms with Crippen molar-refractivity contribution in [1.29, 1.82) is 0 Å². The van der Waals surface area contributed by atoms with Gasteiger partial charge >= 0.3 is 0 Å². The Morgan fingerprint density at radius 2 is 2.25 bits per heavy atom. The van der Waals surface area contributed by atoms with Gasteiger partial charge in [-0.25, -0.2) is 4.39 Å². The molecule has 3 nitrogen and oxygen atoms in total. The molecule has 0 aliphatic heterocycles. The van der Waals surface area contributed by atoms with Crippen molar-refractivity contribution in [2.75, 3.05) is 19.6 Å². The van der Waals surface area contributed by atoms with Gasteiger partial charge in [0.05, 0.1) is 18.2 Å². The van der Waals surface area contributed by atoms with E-state index in [-0.39, 0.29) is 17.5 Å². The molecular formula is C11H13ClFNO2. The first-order valence-corrected chi connectivity index (χ1v) is 5.32. The summed E-state index contributed by atoms with van der Waals surface area (Å²) >= 11 is 5.63. The molecule has 1 aromatic rings. The van der Waals surface area contributed by atoms with Gasteiger partial charge < -0.3 is 10.1 Å². The number of carbonyl (C=O) groups excluding carboxylic acids is 1. The van der Waals surface area contributed by atoms with Crippen molar-refractivity contribution in [2.45, 2.75) is 6.04 Å². The zero-order valence-corrected chi connectivity index (χ0v) is 9.63. The van der Waals surface area contributed by atoms with E-state index in [2.05, 4.69) is 5.32 Å². The first-order chi connectivity index (χ1) is 7.69. The summed E-state index contributed by atoms with van der Waals surface area (Å²) in [6.07, 6.45) is 0. The van der Waals surface area contributed by atoms with Crippen LogP contribution in [0.5, 0.6) is 0 Å². The highest BCUT2D eigenvalue weighted by Gasteiger charge is 2.15. The monoisotopic (exact) mass is 245 g/mol. The molecule has 1 rings (SSSR count). The zero-order valence-electron chi connectivity index (χ0n) is 8.87. The fourth-order valence-corrected chi connectivity index (χ4v) is 1.40. The van der Waals surface area contributed by atoms with Gasteiger partial charge in [-0.1, -0.05) is 12.1 Å². The zero-order chi connectivity index (χ0) is 12.0. The Hall–Kier alpha value is -1.13. The molecule has 0 fully saturated rings. The van der Waals surface area contributed by atoms with Gasteiger partial charge in [-0.15, -0.1) is 11.6 Å². The number of halogens is 2. The SMILES string of the molecule is COCC(CCl)NC(=O)c1ccccc1F. The molecule has 0 spiro atoms. The van der Waals surface area contributed by atoms with Gasteiger partial charge in [0.15, 0.2) is 0 Å². The number of hydrogen-bond donors (Lipinski definition) is 1. The van der Waals surface area contributed by atoms with Gasteiger partial charge in [0.2, 0.25) is 0 Å². The standard InChI is InChI=1S/C11H13ClFNO2/c1-16-7-8(6-12)14-11(15)9-4-2-3-5-10(9)13/h2-5,8H,6-7H2,1H3,(H,14,15). The van der Waals surface area contributed by atoms with Crippen molar-refractivity contribution in [2.24, 2.45) is 0 Å². The molecule has 1 amide bonds. The molecule has 0 aliphatic carbocycles. The Kier molecular flexibility index (Phi) is 5.22. The van der Waals surface area contributed by atoms with Crippen molar-refractivity contribution < 1.29 is 13.9 Å². The van der Waals surface area contributed by atoms with Crippen LogP contribution in [0.25, 0.3) is 0 Å². The Labute approximate surface area is 98.5 Å². The highest BCUT2D eigenvalue weighted by atomic mass is 35.5. The Morgan fingerprint density at radius 3 is 2.81 bits per heavy atom. The number of ether oxygens (including phenoxy) is 1. The summed E-state index contributed by atoms with van der Waals surface area (Å²) in [6, 6.07) is 5.47. The van der Waals surface area contributed by atoms with Gasteiger partial charge in [-0.3, -0.25) is 4.79 Å². The predicted octanol–water partition coefficient (Wildman–Crippen LogP) is 1.81. The topological polar surface area (TPSA) is 38.3 Å². The van der Waals surface area contributed by atoms with Crippen molar-refractivity contribution in [1.82, 2.24) is 5.32 Å². The molecule has 0 bridgehead atoms. The molecule has 0 aliphatic rings. The minimum absolute atomic E-state index is 0.00807. The van der Waals surface area contributed by atoms with Crippen LogP contribution >= 0.6 is 11.6 Å². The van der Waals surface area contributed by atoms with Crippen LogP contribution in [0.1, 0.15) is 10.4 Å². The average Bonchev–Trinajstić information content (AvgIpc) is 2.28. The first kappa shape index (κ1) is 12.9. The fraction of sp³-hybridized carbons (Fsp3) is 0.364. The largest absolute Gasteiger partial charge is 0.383 e. The second-order valence-electron chi connectivity index (χ2n) is 3.26. The maximum atomic E-state index is 13.3. The van der Waals surface area contributed by atoms with Crippen LogP contribution in [-0.4, -0.2) is 31.5 Å². The number of carbonyl (C=O) groups is 1. The second-order valence-corrected chi connectivity index (χ2v) is 3.57. The van der Waals surface area contributed by atoms with Crippen LogP contribution in [-0.2, 0) is 4.74 Å². The van der Waals surface area contributed by atoms with Crippen LogP contribution in [0.4, 0.5) is 4.39 Å². The van der Waals surface area contributed by atoms with E-state index in [4.69, 9.17) is 16.3 Å². The number of hydrogen-bond acceptors (Lipinski definition) is 2. The molecule has 0 saturated heterocycles. The van der Waals surface area contributed by atoms with E-state index in [1.54, 1.807) is 6.07 Å². The van der Waals surface area contributed by atoms with Gasteiger partial charge in [0.1, 0.15) is 5.82 Å². The van der Waals surface area contributed by atoms with Crippen molar-refractivity contribution in [3.8, 4) is 0 Å². The van der Waals surface area contributed by atoms with E-state index in [1.165, 1.54) is 25.3 Å². The van der Waals surface area contributed by atoms with Crippen molar-refractivity contribution >= 4 is 17.5 Å². The summed E-state index contributed by atoms with van der Waals surface area (Å²) < 4.78 is 18.1. The predicted molar refractivity (Wildman–Crippen MR) is 60.3 cm³/mol. The Balaban J connectivity index is 2.68. The van der Waals surface area contributed by atoms with Gasteiger partial charge in [0.25, 0.3) is 5.91 Å². The summed E-state index contributed by atoms with van der Waals surface area (Å²) in [7, 11) is 1.51. The van der Waals surface area contributed by atoms with Gasteiger partial charge in [0, 0.05) is 13.0 Å². The maximum Gasteiger partial charge on any atom is 0.254 e. The average molecular weight is 246 g/mol. The third-order valence-electron chi connectivity index (χ3n) is 2.01. The van der Waals surface area contributed by atoms with E-state index in [0.717, 1.165) is 0 Å². The Bertz CT molecular complexity index is 360. The summed E-state index contributed by atoms with van der Waals surface area (Å²) in [6.45, 7) is 0.295. The highest BCUT2D eigenvalue weighted by molar-refractivity contribution is 6.18. The fourth-order valence-electron chi connectivity index (χ4n) is 1.23. The van der Waals surface area contributed by atoms with Gasteiger partial charge in [-0.2, -0.15) is 0 Å². The lowest BCUT2D eigenvalue weighted by atomic mass is 10.2. The number of benzene rings is 1. The van der Waals surface area contributed by atoms with Crippen molar-refractivity contribution in [3.05, 3.63) is 35.6 Å².